The first-order valence-corrected chi connectivity index (χ1v) is 13.2. The molecule has 1 N–H and O–H groups in total. The normalized spacial score (nSPS) is 16.8. The largest absolute Gasteiger partial charge is 0.460 e. The van der Waals surface area contributed by atoms with E-state index in [1.807, 2.05) is 0 Å². The first-order valence-electron chi connectivity index (χ1n) is 10.4. The lowest BCUT2D eigenvalue weighted by Gasteiger charge is -2.45. The Morgan fingerprint density at radius 1 is 0.449 bits per heavy atom. The maximum Gasteiger partial charge on any atom is 0.460 e. The summed E-state index contributed by atoms with van der Waals surface area (Å²) in [5, 5.41) is -8.16. The maximum absolute atomic E-state index is 14.1. The van der Waals surface area contributed by atoms with Crippen molar-refractivity contribution in [2.45, 2.75) is 70.7 Å². The smallest absolute Gasteiger partial charge is 0.264 e. The van der Waals surface area contributed by atoms with Gasteiger partial charge in [0.05, 0.1) is 6.61 Å². The van der Waals surface area contributed by atoms with E-state index in [2.05, 4.69) is 4.18 Å². The summed E-state index contributed by atoms with van der Waals surface area (Å²) in [7, 11) is -14.1. The van der Waals surface area contributed by atoms with Crippen LogP contribution in [0.25, 0.3) is 0 Å². The molecule has 296 valence electrons. The number of rotatable bonds is 16. The predicted octanol–water partition coefficient (Wildman–Crippen LogP) is 6.58. The Balaban J connectivity index is 7.35. The molecule has 0 spiro atoms. The Morgan fingerprint density at radius 2 is 0.673 bits per heavy atom. The SMILES string of the molecule is CN(CCOS(=O)(=O)O)S(=O)(=O)C(F)(F)C(F)(F)C(F)(F)C(F)(F)C(F)(F)C(F)(F)C(F)(F)C(F)(F)C(F)(F)C(F)(F)C(F)(F)C(F)(F)F. The number of sulfonamides is 1. The summed E-state index contributed by atoms with van der Waals surface area (Å²) in [5.41, 5.74) is 0. The fourth-order valence-corrected chi connectivity index (χ4v) is 4.13. The molecular formula is C15H8F25NO6S2. The lowest BCUT2D eigenvalue weighted by molar-refractivity contribution is -0.480. The molecule has 0 rings (SSSR count). The number of nitrogens with zero attached hydrogens (tertiary/aromatic N) is 1. The molecule has 0 bridgehead atoms. The van der Waals surface area contributed by atoms with Crippen LogP contribution in [0.3, 0.4) is 0 Å². The highest BCUT2D eigenvalue weighted by Gasteiger charge is 3.00. The van der Waals surface area contributed by atoms with Crippen molar-refractivity contribution in [3.05, 3.63) is 0 Å². The van der Waals surface area contributed by atoms with E-state index in [4.69, 9.17) is 4.55 Å². The molecule has 0 aliphatic carbocycles. The third-order valence-corrected chi connectivity index (χ3v) is 8.02. The zero-order valence-electron chi connectivity index (χ0n) is 21.6. The van der Waals surface area contributed by atoms with Crippen LogP contribution >= 0.6 is 0 Å². The van der Waals surface area contributed by atoms with Gasteiger partial charge in [-0.3, -0.25) is 4.55 Å². The van der Waals surface area contributed by atoms with Crippen molar-refractivity contribution in [2.75, 3.05) is 20.2 Å². The van der Waals surface area contributed by atoms with Crippen molar-refractivity contribution >= 4 is 20.4 Å². The maximum atomic E-state index is 14.1. The first kappa shape index (κ1) is 47.0. The topological polar surface area (TPSA) is 101 Å². The van der Waals surface area contributed by atoms with Crippen LogP contribution in [0.2, 0.25) is 0 Å². The second-order valence-electron chi connectivity index (χ2n) is 8.83. The molecular weight excluding hydrogens is 829 g/mol. The van der Waals surface area contributed by atoms with Gasteiger partial charge in [0.25, 0.3) is 10.0 Å². The van der Waals surface area contributed by atoms with Crippen LogP contribution in [0.1, 0.15) is 0 Å². The molecule has 0 aliphatic heterocycles. The highest BCUT2D eigenvalue weighted by molar-refractivity contribution is 7.90. The Kier molecular flexibility index (Phi) is 11.6. The number of hydrogen-bond donors (Lipinski definition) is 1. The molecule has 0 aromatic rings. The summed E-state index contributed by atoms with van der Waals surface area (Å²) in [5.74, 6) is -94.5. The van der Waals surface area contributed by atoms with Crippen LogP contribution < -0.4 is 0 Å². The van der Waals surface area contributed by atoms with E-state index in [9.17, 15) is 127 Å². The van der Waals surface area contributed by atoms with Crippen LogP contribution in [-0.4, -0.2) is 117 Å². The second kappa shape index (κ2) is 12.0. The zero-order valence-corrected chi connectivity index (χ0v) is 23.2. The first-order chi connectivity index (χ1) is 20.6. The number of halogens is 25. The van der Waals surface area contributed by atoms with Crippen molar-refractivity contribution in [2.24, 2.45) is 0 Å². The molecule has 0 unspecified atom stereocenters. The summed E-state index contributed by atoms with van der Waals surface area (Å²) < 4.78 is 391. The van der Waals surface area contributed by atoms with Crippen LogP contribution in [-0.2, 0) is 24.6 Å². The third kappa shape index (κ3) is 6.30. The van der Waals surface area contributed by atoms with Crippen LogP contribution in [0.5, 0.6) is 0 Å². The molecule has 0 atom stereocenters. The minimum absolute atomic E-state index is 0.521. The van der Waals surface area contributed by atoms with Gasteiger partial charge in [0.15, 0.2) is 0 Å². The summed E-state index contributed by atoms with van der Waals surface area (Å²) in [4.78, 5) is 0. The molecule has 0 aromatic carbocycles. The van der Waals surface area contributed by atoms with Gasteiger partial charge in [0.2, 0.25) is 0 Å². The van der Waals surface area contributed by atoms with Gasteiger partial charge in [-0.25, -0.2) is 12.6 Å². The molecule has 49 heavy (non-hydrogen) atoms. The summed E-state index contributed by atoms with van der Waals surface area (Å²) in [6.07, 6.45) is -8.26. The van der Waals surface area contributed by atoms with Gasteiger partial charge in [-0.15, -0.1) is 0 Å². The minimum atomic E-state index is -9.82. The van der Waals surface area contributed by atoms with Crippen LogP contribution in [0, 0.1) is 0 Å². The second-order valence-corrected chi connectivity index (χ2v) is 12.0. The molecule has 0 heterocycles. The highest BCUT2D eigenvalue weighted by atomic mass is 32.3. The van der Waals surface area contributed by atoms with E-state index in [0.29, 0.717) is 0 Å². The summed E-state index contributed by atoms with van der Waals surface area (Å²) in [6.45, 7) is -4.16. The molecule has 0 saturated carbocycles. The molecule has 0 amide bonds. The fourth-order valence-electron chi connectivity index (χ4n) is 2.69. The number of hydrogen-bond acceptors (Lipinski definition) is 5. The average molecular weight is 837 g/mol. The zero-order chi connectivity index (χ0) is 40.7. The van der Waals surface area contributed by atoms with Gasteiger partial charge in [-0.05, 0) is 0 Å². The van der Waals surface area contributed by atoms with Crippen molar-refractivity contribution in [3.63, 3.8) is 0 Å². The van der Waals surface area contributed by atoms with Crippen molar-refractivity contribution in [1.29, 1.82) is 0 Å². The minimum Gasteiger partial charge on any atom is -0.264 e. The van der Waals surface area contributed by atoms with E-state index in [0.717, 1.165) is 0 Å². The molecule has 0 radical (unpaired) electrons. The highest BCUT2D eigenvalue weighted by Crippen LogP contribution is 2.68. The van der Waals surface area contributed by atoms with Gasteiger partial charge in [0, 0.05) is 13.6 Å². The van der Waals surface area contributed by atoms with E-state index in [1.165, 1.54) is 0 Å². The lowest BCUT2D eigenvalue weighted by Crippen LogP contribution is -2.78. The summed E-state index contributed by atoms with van der Waals surface area (Å²) in [6, 6.07) is 0. The molecule has 0 aliphatic rings. The Hall–Kier alpha value is -1.97. The van der Waals surface area contributed by atoms with E-state index < -0.39 is 116 Å². The van der Waals surface area contributed by atoms with Gasteiger partial charge in [-0.2, -0.15) is 122 Å². The van der Waals surface area contributed by atoms with Crippen molar-refractivity contribution in [1.82, 2.24) is 4.31 Å². The van der Waals surface area contributed by atoms with E-state index in [-0.39, 0.29) is 0 Å². The third-order valence-electron chi connectivity index (χ3n) is 5.64. The fraction of sp³-hybridized carbons (Fsp3) is 1.00. The molecule has 34 heteroatoms. The summed E-state index contributed by atoms with van der Waals surface area (Å²) >= 11 is 0. The standard InChI is InChI=1S/C15H8F25NO6S2/c1-41(2-3-47-49(44,45)46)48(42,43)15(39,40)13(34,35)11(30,31)9(26,27)7(22,23)5(18,19)4(16,17)6(20,21)8(24,25)10(28,29)12(32,33)14(36,37)38/h2-3H2,1H3,(H,44,45,46). The van der Waals surface area contributed by atoms with Gasteiger partial charge >= 0.3 is 81.1 Å². The van der Waals surface area contributed by atoms with Gasteiger partial charge in [0.1, 0.15) is 0 Å². The quantitative estimate of drug-likeness (QED) is 0.140. The van der Waals surface area contributed by atoms with Crippen LogP contribution in [0.15, 0.2) is 0 Å². The molecule has 0 fully saturated rings. The van der Waals surface area contributed by atoms with Gasteiger partial charge in [-0.1, -0.05) is 0 Å². The lowest BCUT2D eigenvalue weighted by atomic mass is 9.85. The van der Waals surface area contributed by atoms with E-state index >= 15 is 0 Å². The van der Waals surface area contributed by atoms with E-state index in [1.54, 1.807) is 0 Å². The van der Waals surface area contributed by atoms with Crippen LogP contribution in [0.4, 0.5) is 110 Å². The molecule has 0 saturated heterocycles. The van der Waals surface area contributed by atoms with Crippen molar-refractivity contribution in [3.8, 4) is 0 Å². The Morgan fingerprint density at radius 3 is 0.898 bits per heavy atom. The Labute approximate surface area is 251 Å². The molecule has 0 aromatic heterocycles. The monoisotopic (exact) mass is 837 g/mol. The predicted molar refractivity (Wildman–Crippen MR) is 99.5 cm³/mol. The number of alkyl halides is 25. The average Bonchev–Trinajstić information content (AvgIpc) is 2.85. The van der Waals surface area contributed by atoms with Gasteiger partial charge < -0.3 is 0 Å². The number of likely N-dealkylation sites (N-methyl/N-ethyl adjacent to an activating group) is 1. The van der Waals surface area contributed by atoms with Crippen molar-refractivity contribution < 1.29 is 135 Å². The molecule has 7 nitrogen and oxygen atoms in total. The Bertz CT molecular complexity index is 1440.